The number of carbonyl (C=O) groups excluding carboxylic acids is 2. The van der Waals surface area contributed by atoms with Gasteiger partial charge in [0.25, 0.3) is 0 Å². The van der Waals surface area contributed by atoms with E-state index in [0.717, 1.165) is 11.1 Å². The lowest BCUT2D eigenvalue weighted by Crippen LogP contribution is -2.34. The van der Waals surface area contributed by atoms with Crippen molar-refractivity contribution in [1.82, 2.24) is 5.32 Å². The highest BCUT2D eigenvalue weighted by molar-refractivity contribution is 6.39. The molecule has 0 radical (unpaired) electrons. The molecule has 0 fully saturated rings. The van der Waals surface area contributed by atoms with Crippen LogP contribution in [0.4, 0.5) is 11.4 Å². The monoisotopic (exact) mass is 409 g/mol. The minimum Gasteiger partial charge on any atom is -0.458 e. The molecule has 0 atom stereocenters. The molecular weight excluding hydrogens is 390 g/mol. The number of rotatable bonds is 5. The summed E-state index contributed by atoms with van der Waals surface area (Å²) in [5.74, 6) is -0.474. The number of furan rings is 1. The Balaban J connectivity index is 1.53. The van der Waals surface area contributed by atoms with E-state index in [1.165, 1.54) is 0 Å². The van der Waals surface area contributed by atoms with Gasteiger partial charge in [0.1, 0.15) is 11.5 Å². The van der Waals surface area contributed by atoms with Gasteiger partial charge in [0.15, 0.2) is 0 Å². The molecule has 2 N–H and O–H groups in total. The number of anilines is 1. The first kappa shape index (κ1) is 20.4. The zero-order valence-corrected chi connectivity index (χ0v) is 16.8. The molecule has 1 heterocycles. The van der Waals surface area contributed by atoms with Gasteiger partial charge >= 0.3 is 11.8 Å². The molecule has 2 aromatic carbocycles. The van der Waals surface area contributed by atoms with E-state index >= 15 is 0 Å². The zero-order valence-electron chi connectivity index (χ0n) is 16.0. The molecule has 0 bridgehead atoms. The third kappa shape index (κ3) is 5.56. The maximum atomic E-state index is 12.0. The summed E-state index contributed by atoms with van der Waals surface area (Å²) in [7, 11) is 0. The Hall–Kier alpha value is -3.38. The zero-order chi connectivity index (χ0) is 20.8. The summed E-state index contributed by atoms with van der Waals surface area (Å²) in [5.41, 5.74) is 3.34. The molecule has 0 saturated carbocycles. The number of benzene rings is 2. The molecule has 7 heteroatoms. The molecule has 29 heavy (non-hydrogen) atoms. The number of amides is 2. The average molecular weight is 410 g/mol. The molecule has 3 rings (SSSR count). The maximum absolute atomic E-state index is 12.0. The van der Waals surface area contributed by atoms with Gasteiger partial charge in [0.05, 0.1) is 23.5 Å². The molecule has 0 aliphatic carbocycles. The van der Waals surface area contributed by atoms with Crippen LogP contribution in [0.15, 0.2) is 64.0 Å². The fourth-order valence-corrected chi connectivity index (χ4v) is 2.69. The van der Waals surface area contributed by atoms with E-state index in [2.05, 4.69) is 15.6 Å². The second-order valence-electron chi connectivity index (χ2n) is 6.45. The fraction of sp³-hybridized carbons (Fsp3) is 0.136. The van der Waals surface area contributed by atoms with Crippen molar-refractivity contribution in [2.24, 2.45) is 4.99 Å². The Morgan fingerprint density at radius 2 is 1.83 bits per heavy atom. The van der Waals surface area contributed by atoms with E-state index < -0.39 is 11.8 Å². The summed E-state index contributed by atoms with van der Waals surface area (Å²) >= 11 is 6.05. The lowest BCUT2D eigenvalue weighted by molar-refractivity contribution is -0.136. The van der Waals surface area contributed by atoms with Crippen molar-refractivity contribution in [3.05, 3.63) is 82.3 Å². The van der Waals surface area contributed by atoms with Gasteiger partial charge in [-0.2, -0.15) is 0 Å². The molecule has 148 valence electrons. The van der Waals surface area contributed by atoms with E-state index in [9.17, 15) is 9.59 Å². The molecule has 6 nitrogen and oxygen atoms in total. The van der Waals surface area contributed by atoms with Crippen LogP contribution in [-0.2, 0) is 16.1 Å². The lowest BCUT2D eigenvalue weighted by Gasteiger charge is -2.07. The van der Waals surface area contributed by atoms with Crippen LogP contribution in [0.2, 0.25) is 5.02 Å². The van der Waals surface area contributed by atoms with Crippen LogP contribution in [0.5, 0.6) is 0 Å². The van der Waals surface area contributed by atoms with Crippen molar-refractivity contribution in [2.45, 2.75) is 20.4 Å². The van der Waals surface area contributed by atoms with E-state index in [1.807, 2.05) is 38.1 Å². The predicted octanol–water partition coefficient (Wildman–Crippen LogP) is 4.56. The standard InChI is InChI=1S/C22H20ClN3O3/c1-14-7-8-16(11-15(14)2)26-22(28)21(27)25-13-18-10-9-17(29-18)12-24-20-6-4-3-5-19(20)23/h3-12H,13H2,1-2H3,(H,25,27)(H,26,28). The highest BCUT2D eigenvalue weighted by Crippen LogP contribution is 2.23. The van der Waals surface area contributed by atoms with Gasteiger partial charge in [0.2, 0.25) is 0 Å². The first-order valence-electron chi connectivity index (χ1n) is 8.96. The van der Waals surface area contributed by atoms with Gasteiger partial charge in [-0.15, -0.1) is 0 Å². The van der Waals surface area contributed by atoms with Crippen LogP contribution in [0, 0.1) is 13.8 Å². The Labute approximate surface area is 173 Å². The largest absolute Gasteiger partial charge is 0.458 e. The molecule has 0 spiro atoms. The quantitative estimate of drug-likeness (QED) is 0.478. The first-order valence-corrected chi connectivity index (χ1v) is 9.34. The van der Waals surface area contributed by atoms with Crippen molar-refractivity contribution in [3.8, 4) is 0 Å². The van der Waals surface area contributed by atoms with Gasteiger partial charge in [-0.05, 0) is 61.4 Å². The number of hydrogen-bond donors (Lipinski definition) is 2. The number of nitrogens with one attached hydrogen (secondary N) is 2. The summed E-state index contributed by atoms with van der Waals surface area (Å²) in [6.45, 7) is 4.00. The number of aliphatic imine (C=N–C) groups is 1. The molecular formula is C22H20ClN3O3. The summed E-state index contributed by atoms with van der Waals surface area (Å²) < 4.78 is 5.58. The van der Waals surface area contributed by atoms with E-state index in [-0.39, 0.29) is 6.54 Å². The molecule has 0 unspecified atom stereocenters. The SMILES string of the molecule is Cc1ccc(NC(=O)C(=O)NCc2ccc(C=Nc3ccccc3Cl)o2)cc1C. The third-order valence-corrected chi connectivity index (χ3v) is 4.58. The van der Waals surface area contributed by atoms with Crippen LogP contribution in [0.25, 0.3) is 0 Å². The lowest BCUT2D eigenvalue weighted by atomic mass is 10.1. The number of aryl methyl sites for hydroxylation is 2. The van der Waals surface area contributed by atoms with Gasteiger partial charge in [-0.3, -0.25) is 14.6 Å². The second kappa shape index (κ2) is 9.21. The number of hydrogen-bond acceptors (Lipinski definition) is 4. The summed E-state index contributed by atoms with van der Waals surface area (Å²) in [5, 5.41) is 5.65. The van der Waals surface area contributed by atoms with Gasteiger partial charge in [-0.1, -0.05) is 29.8 Å². The van der Waals surface area contributed by atoms with E-state index in [4.69, 9.17) is 16.0 Å². The van der Waals surface area contributed by atoms with Gasteiger partial charge in [-0.25, -0.2) is 0 Å². The molecule has 1 aromatic heterocycles. The molecule has 0 aliphatic rings. The Kier molecular flexibility index (Phi) is 6.46. The van der Waals surface area contributed by atoms with Crippen LogP contribution < -0.4 is 10.6 Å². The fourth-order valence-electron chi connectivity index (χ4n) is 2.50. The van der Waals surface area contributed by atoms with Gasteiger partial charge in [0, 0.05) is 5.69 Å². The Morgan fingerprint density at radius 3 is 2.59 bits per heavy atom. The maximum Gasteiger partial charge on any atom is 0.313 e. The van der Waals surface area contributed by atoms with Crippen molar-refractivity contribution in [3.63, 3.8) is 0 Å². The van der Waals surface area contributed by atoms with Crippen molar-refractivity contribution < 1.29 is 14.0 Å². The topological polar surface area (TPSA) is 83.7 Å². The van der Waals surface area contributed by atoms with Crippen LogP contribution >= 0.6 is 11.6 Å². The number of carbonyl (C=O) groups is 2. The minimum atomic E-state index is -0.745. The highest BCUT2D eigenvalue weighted by atomic mass is 35.5. The Morgan fingerprint density at radius 1 is 1.03 bits per heavy atom. The van der Waals surface area contributed by atoms with Crippen molar-refractivity contribution in [2.75, 3.05) is 5.32 Å². The smallest absolute Gasteiger partial charge is 0.313 e. The number of nitrogens with zero attached hydrogens (tertiary/aromatic N) is 1. The third-order valence-electron chi connectivity index (χ3n) is 4.26. The van der Waals surface area contributed by atoms with Crippen LogP contribution in [-0.4, -0.2) is 18.0 Å². The summed E-state index contributed by atoms with van der Waals surface area (Å²) in [4.78, 5) is 28.3. The van der Waals surface area contributed by atoms with Crippen LogP contribution in [0.3, 0.4) is 0 Å². The predicted molar refractivity (Wildman–Crippen MR) is 114 cm³/mol. The second-order valence-corrected chi connectivity index (χ2v) is 6.86. The van der Waals surface area contributed by atoms with Crippen molar-refractivity contribution in [1.29, 1.82) is 0 Å². The number of halogens is 1. The normalized spacial score (nSPS) is 10.9. The number of para-hydroxylation sites is 1. The van der Waals surface area contributed by atoms with Crippen molar-refractivity contribution >= 4 is 41.0 Å². The highest BCUT2D eigenvalue weighted by Gasteiger charge is 2.14. The molecule has 2 amide bonds. The van der Waals surface area contributed by atoms with E-state index in [0.29, 0.717) is 27.9 Å². The summed E-state index contributed by atoms with van der Waals surface area (Å²) in [6, 6.07) is 16.1. The molecule has 0 saturated heterocycles. The first-order chi connectivity index (χ1) is 13.9. The Bertz CT molecular complexity index is 1070. The van der Waals surface area contributed by atoms with Crippen LogP contribution in [0.1, 0.15) is 22.6 Å². The van der Waals surface area contributed by atoms with E-state index in [1.54, 1.807) is 36.5 Å². The molecule has 3 aromatic rings. The molecule has 0 aliphatic heterocycles. The average Bonchev–Trinajstić information content (AvgIpc) is 3.16. The minimum absolute atomic E-state index is 0.0825. The summed E-state index contributed by atoms with van der Waals surface area (Å²) in [6.07, 6.45) is 1.54. The van der Waals surface area contributed by atoms with Gasteiger partial charge < -0.3 is 15.1 Å².